The molecule has 0 spiro atoms. The van der Waals surface area contributed by atoms with Gasteiger partial charge in [-0.2, -0.15) is 0 Å². The van der Waals surface area contributed by atoms with Gasteiger partial charge in [0, 0.05) is 43.7 Å². The Balaban J connectivity index is 1.43. The summed E-state index contributed by atoms with van der Waals surface area (Å²) < 4.78 is 0. The van der Waals surface area contributed by atoms with Gasteiger partial charge in [0.25, 0.3) is 0 Å². The standard InChI is InChI=1S/C16H22N2O2S/c19-15(13-3-4-13)12-17-7-9-18(10-8-17)16(20)6-5-14-2-1-11-21-14/h1-2,5-6,11,13,15,19H,3-4,7-10,12H2/b6-5+/t15-/m0/s1. The average Bonchev–Trinajstić information content (AvgIpc) is 3.23. The van der Waals surface area contributed by atoms with E-state index in [0.29, 0.717) is 5.92 Å². The first-order chi connectivity index (χ1) is 10.2. The van der Waals surface area contributed by atoms with Crippen LogP contribution in [-0.4, -0.2) is 59.6 Å². The third-order valence-corrected chi connectivity index (χ3v) is 5.07. The predicted molar refractivity (Wildman–Crippen MR) is 85.1 cm³/mol. The van der Waals surface area contributed by atoms with Gasteiger partial charge in [0.2, 0.25) is 5.91 Å². The number of aliphatic hydroxyl groups excluding tert-OH is 1. The van der Waals surface area contributed by atoms with Gasteiger partial charge in [-0.15, -0.1) is 11.3 Å². The first-order valence-electron chi connectivity index (χ1n) is 7.63. The number of amides is 1. The molecule has 2 fully saturated rings. The highest BCUT2D eigenvalue weighted by Crippen LogP contribution is 2.32. The average molecular weight is 306 g/mol. The Kier molecular flexibility index (Phi) is 4.73. The van der Waals surface area contributed by atoms with Crippen molar-refractivity contribution in [2.75, 3.05) is 32.7 Å². The minimum Gasteiger partial charge on any atom is -0.392 e. The number of β-amino-alcohol motifs (C(OH)–C–C–N with tert-alkyl or cyclic N) is 1. The summed E-state index contributed by atoms with van der Waals surface area (Å²) in [7, 11) is 0. The molecule has 0 radical (unpaired) electrons. The van der Waals surface area contributed by atoms with Crippen LogP contribution < -0.4 is 0 Å². The van der Waals surface area contributed by atoms with E-state index in [2.05, 4.69) is 4.90 Å². The van der Waals surface area contributed by atoms with Gasteiger partial charge in [-0.25, -0.2) is 0 Å². The molecule has 5 heteroatoms. The molecule has 4 nitrogen and oxygen atoms in total. The van der Waals surface area contributed by atoms with E-state index in [0.717, 1.165) is 37.6 Å². The Bertz CT molecular complexity index is 488. The Morgan fingerprint density at radius 1 is 1.38 bits per heavy atom. The number of piperazine rings is 1. The van der Waals surface area contributed by atoms with Crippen LogP contribution >= 0.6 is 11.3 Å². The summed E-state index contributed by atoms with van der Waals surface area (Å²) in [5.41, 5.74) is 0. The van der Waals surface area contributed by atoms with Crippen molar-refractivity contribution in [3.8, 4) is 0 Å². The predicted octanol–water partition coefficient (Wildman–Crippen LogP) is 1.68. The largest absolute Gasteiger partial charge is 0.392 e. The van der Waals surface area contributed by atoms with E-state index in [9.17, 15) is 9.90 Å². The molecule has 1 aromatic heterocycles. The summed E-state index contributed by atoms with van der Waals surface area (Å²) in [6, 6.07) is 3.99. The summed E-state index contributed by atoms with van der Waals surface area (Å²) >= 11 is 1.63. The molecule has 0 bridgehead atoms. The minimum absolute atomic E-state index is 0.0887. The quantitative estimate of drug-likeness (QED) is 0.842. The van der Waals surface area contributed by atoms with Crippen molar-refractivity contribution in [1.29, 1.82) is 0 Å². The maximum atomic E-state index is 12.1. The van der Waals surface area contributed by atoms with Crippen LogP contribution in [0.2, 0.25) is 0 Å². The summed E-state index contributed by atoms with van der Waals surface area (Å²) in [6.45, 7) is 4.00. The summed E-state index contributed by atoms with van der Waals surface area (Å²) in [6.07, 6.45) is 5.72. The van der Waals surface area contributed by atoms with Gasteiger partial charge in [-0.05, 0) is 36.3 Å². The van der Waals surface area contributed by atoms with Crippen LogP contribution in [-0.2, 0) is 4.79 Å². The van der Waals surface area contributed by atoms with Crippen molar-refractivity contribution in [2.24, 2.45) is 5.92 Å². The van der Waals surface area contributed by atoms with Crippen molar-refractivity contribution in [3.63, 3.8) is 0 Å². The molecule has 2 aliphatic rings. The van der Waals surface area contributed by atoms with Crippen molar-refractivity contribution < 1.29 is 9.90 Å². The lowest BCUT2D eigenvalue weighted by Crippen LogP contribution is -2.50. The van der Waals surface area contributed by atoms with Crippen molar-refractivity contribution in [3.05, 3.63) is 28.5 Å². The molecule has 3 rings (SSSR count). The number of hydrogen-bond acceptors (Lipinski definition) is 4. The smallest absolute Gasteiger partial charge is 0.246 e. The number of nitrogens with zero attached hydrogens (tertiary/aromatic N) is 2. The lowest BCUT2D eigenvalue weighted by molar-refractivity contribution is -0.127. The molecule has 114 valence electrons. The van der Waals surface area contributed by atoms with Gasteiger partial charge in [0.05, 0.1) is 6.10 Å². The van der Waals surface area contributed by atoms with Gasteiger partial charge in [0.15, 0.2) is 0 Å². The molecule has 1 aromatic rings. The highest BCUT2D eigenvalue weighted by Gasteiger charge is 2.31. The van der Waals surface area contributed by atoms with Gasteiger partial charge >= 0.3 is 0 Å². The number of aliphatic hydroxyl groups is 1. The Labute approximate surface area is 129 Å². The van der Waals surface area contributed by atoms with Crippen LogP contribution in [0.1, 0.15) is 17.7 Å². The molecule has 0 unspecified atom stereocenters. The third-order valence-electron chi connectivity index (χ3n) is 4.23. The van der Waals surface area contributed by atoms with Crippen LogP contribution in [0.4, 0.5) is 0 Å². The number of carbonyl (C=O) groups excluding carboxylic acids is 1. The number of hydrogen-bond donors (Lipinski definition) is 1. The van der Waals surface area contributed by atoms with Gasteiger partial charge in [-0.1, -0.05) is 6.07 Å². The van der Waals surface area contributed by atoms with Crippen molar-refractivity contribution >= 4 is 23.3 Å². The molecule has 1 aliphatic carbocycles. The van der Waals surface area contributed by atoms with Crippen molar-refractivity contribution in [2.45, 2.75) is 18.9 Å². The van der Waals surface area contributed by atoms with E-state index >= 15 is 0 Å². The molecule has 21 heavy (non-hydrogen) atoms. The van der Waals surface area contributed by atoms with Crippen LogP contribution in [0, 0.1) is 5.92 Å². The molecule has 2 heterocycles. The molecule has 1 atom stereocenters. The number of carbonyl (C=O) groups is 1. The Hall–Kier alpha value is -1.17. The third kappa shape index (κ3) is 4.15. The second-order valence-corrected chi connectivity index (χ2v) is 6.86. The van der Waals surface area contributed by atoms with E-state index < -0.39 is 0 Å². The zero-order valence-corrected chi connectivity index (χ0v) is 13.0. The fraction of sp³-hybridized carbons (Fsp3) is 0.562. The first kappa shape index (κ1) is 14.8. The molecule has 1 amide bonds. The minimum atomic E-state index is -0.175. The van der Waals surface area contributed by atoms with Crippen LogP contribution in [0.3, 0.4) is 0 Å². The topological polar surface area (TPSA) is 43.8 Å². The number of rotatable bonds is 5. The zero-order valence-electron chi connectivity index (χ0n) is 12.1. The van der Waals surface area contributed by atoms with Crippen LogP contribution in [0.25, 0.3) is 6.08 Å². The second kappa shape index (κ2) is 6.73. The lowest BCUT2D eigenvalue weighted by Gasteiger charge is -2.35. The normalized spacial score (nSPS) is 21.9. The molecule has 1 saturated heterocycles. The molecule has 1 saturated carbocycles. The highest BCUT2D eigenvalue weighted by atomic mass is 32.1. The van der Waals surface area contributed by atoms with Gasteiger partial charge in [0.1, 0.15) is 0 Å². The Morgan fingerprint density at radius 3 is 2.76 bits per heavy atom. The fourth-order valence-corrected chi connectivity index (χ4v) is 3.31. The van der Waals surface area contributed by atoms with Gasteiger partial charge in [-0.3, -0.25) is 9.69 Å². The maximum absolute atomic E-state index is 12.1. The SMILES string of the molecule is O=C(/C=C/c1cccs1)N1CCN(C[C@H](O)C2CC2)CC1. The highest BCUT2D eigenvalue weighted by molar-refractivity contribution is 7.10. The Morgan fingerprint density at radius 2 is 2.14 bits per heavy atom. The first-order valence-corrected chi connectivity index (χ1v) is 8.51. The summed E-state index contributed by atoms with van der Waals surface area (Å²) in [5.74, 6) is 0.615. The monoisotopic (exact) mass is 306 g/mol. The summed E-state index contributed by atoms with van der Waals surface area (Å²) in [5, 5.41) is 12.0. The molecular weight excluding hydrogens is 284 g/mol. The van der Waals surface area contributed by atoms with Crippen molar-refractivity contribution in [1.82, 2.24) is 9.80 Å². The number of thiophene rings is 1. The molecular formula is C16H22N2O2S. The van der Waals surface area contributed by atoms with Crippen LogP contribution in [0.5, 0.6) is 0 Å². The molecule has 0 aromatic carbocycles. The molecule has 1 N–H and O–H groups in total. The van der Waals surface area contributed by atoms with Gasteiger partial charge < -0.3 is 10.0 Å². The van der Waals surface area contributed by atoms with E-state index in [1.165, 1.54) is 12.8 Å². The van der Waals surface area contributed by atoms with E-state index in [-0.39, 0.29) is 12.0 Å². The summed E-state index contributed by atoms with van der Waals surface area (Å²) in [4.78, 5) is 17.4. The van der Waals surface area contributed by atoms with E-state index in [4.69, 9.17) is 0 Å². The maximum Gasteiger partial charge on any atom is 0.246 e. The fourth-order valence-electron chi connectivity index (χ4n) is 2.69. The van der Waals surface area contributed by atoms with E-state index in [1.807, 2.05) is 28.5 Å². The lowest BCUT2D eigenvalue weighted by atomic mass is 10.2. The van der Waals surface area contributed by atoms with Crippen LogP contribution in [0.15, 0.2) is 23.6 Å². The van der Waals surface area contributed by atoms with E-state index in [1.54, 1.807) is 17.4 Å². The zero-order chi connectivity index (χ0) is 14.7. The second-order valence-electron chi connectivity index (χ2n) is 5.88. The molecule has 1 aliphatic heterocycles.